The van der Waals surface area contributed by atoms with Gasteiger partial charge in [-0.05, 0) is 56.8 Å². The van der Waals surface area contributed by atoms with Crippen LogP contribution in [0.3, 0.4) is 0 Å². The Kier molecular flexibility index (Phi) is 4.43. The molecule has 1 unspecified atom stereocenters. The monoisotopic (exact) mass is 233 g/mol. The molecule has 2 rings (SSSR count). The highest BCUT2D eigenvalue weighted by Gasteiger charge is 2.12. The van der Waals surface area contributed by atoms with Crippen molar-refractivity contribution in [2.45, 2.75) is 45.6 Å². The number of hydrogen-bond donors (Lipinski definition) is 1. The van der Waals surface area contributed by atoms with Crippen molar-refractivity contribution in [1.29, 1.82) is 0 Å². The number of piperidine rings is 1. The molecule has 0 bridgehead atoms. The molecular weight excluding hydrogens is 210 g/mol. The van der Waals surface area contributed by atoms with Crippen LogP contribution in [0.4, 0.5) is 0 Å². The molecule has 2 nitrogen and oxygen atoms in total. The van der Waals surface area contributed by atoms with Gasteiger partial charge < -0.3 is 10.1 Å². The van der Waals surface area contributed by atoms with Crippen LogP contribution >= 0.6 is 0 Å². The van der Waals surface area contributed by atoms with E-state index >= 15 is 0 Å². The first kappa shape index (κ1) is 12.4. The summed E-state index contributed by atoms with van der Waals surface area (Å²) in [5.41, 5.74) is 2.57. The fourth-order valence-electron chi connectivity index (χ4n) is 2.36. The van der Waals surface area contributed by atoms with Gasteiger partial charge in [-0.2, -0.15) is 0 Å². The summed E-state index contributed by atoms with van der Waals surface area (Å²) in [6.45, 7) is 6.25. The molecular formula is C15H23NO. The Hall–Kier alpha value is -1.02. The minimum absolute atomic E-state index is 0.661. The number of rotatable bonds is 4. The lowest BCUT2D eigenvalue weighted by Gasteiger charge is -2.23. The molecule has 0 amide bonds. The normalized spacial score (nSPS) is 20.2. The Balaban J connectivity index is 1.79. The summed E-state index contributed by atoms with van der Waals surface area (Å²) < 4.78 is 5.88. The highest BCUT2D eigenvalue weighted by Crippen LogP contribution is 2.21. The summed E-state index contributed by atoms with van der Waals surface area (Å²) >= 11 is 0. The van der Waals surface area contributed by atoms with Crippen LogP contribution < -0.4 is 10.1 Å². The summed E-state index contributed by atoms with van der Waals surface area (Å²) in [6, 6.07) is 6.92. The van der Waals surface area contributed by atoms with Crippen molar-refractivity contribution in [2.75, 3.05) is 13.2 Å². The lowest BCUT2D eigenvalue weighted by Crippen LogP contribution is -2.35. The van der Waals surface area contributed by atoms with Crippen LogP contribution in [0.1, 0.15) is 36.8 Å². The number of ether oxygens (including phenoxy) is 1. The second kappa shape index (κ2) is 6.06. The van der Waals surface area contributed by atoms with Crippen molar-refractivity contribution in [1.82, 2.24) is 5.32 Å². The second-order valence-electron chi connectivity index (χ2n) is 4.98. The highest BCUT2D eigenvalue weighted by molar-refractivity contribution is 5.38. The lowest BCUT2D eigenvalue weighted by molar-refractivity contribution is 0.267. The summed E-state index contributed by atoms with van der Waals surface area (Å²) in [5, 5.41) is 3.55. The summed E-state index contributed by atoms with van der Waals surface area (Å²) in [6.07, 6.45) is 5.11. The van der Waals surface area contributed by atoms with Gasteiger partial charge in [-0.1, -0.05) is 18.6 Å². The predicted octanol–water partition coefficient (Wildman–Crippen LogP) is 3.21. The zero-order valence-electron chi connectivity index (χ0n) is 11.0. The van der Waals surface area contributed by atoms with E-state index in [0.717, 1.165) is 18.8 Å². The molecule has 0 spiro atoms. The topological polar surface area (TPSA) is 21.3 Å². The van der Waals surface area contributed by atoms with Crippen LogP contribution in [0.5, 0.6) is 5.75 Å². The van der Waals surface area contributed by atoms with Crippen LogP contribution in [0.15, 0.2) is 18.2 Å². The van der Waals surface area contributed by atoms with E-state index in [-0.39, 0.29) is 0 Å². The molecule has 0 radical (unpaired) electrons. The van der Waals surface area contributed by atoms with Crippen LogP contribution in [-0.2, 0) is 0 Å². The van der Waals surface area contributed by atoms with Crippen molar-refractivity contribution in [3.05, 3.63) is 29.3 Å². The summed E-state index contributed by atoms with van der Waals surface area (Å²) in [7, 11) is 0. The van der Waals surface area contributed by atoms with Gasteiger partial charge in [-0.15, -0.1) is 0 Å². The molecule has 0 aliphatic carbocycles. The Morgan fingerprint density at radius 3 is 2.94 bits per heavy atom. The summed E-state index contributed by atoms with van der Waals surface area (Å²) in [5.74, 6) is 1.04. The van der Waals surface area contributed by atoms with Crippen LogP contribution in [0.25, 0.3) is 0 Å². The van der Waals surface area contributed by atoms with Crippen LogP contribution in [0.2, 0.25) is 0 Å². The van der Waals surface area contributed by atoms with Gasteiger partial charge in [0.05, 0.1) is 6.61 Å². The molecule has 1 N–H and O–H groups in total. The predicted molar refractivity (Wildman–Crippen MR) is 71.7 cm³/mol. The number of aryl methyl sites for hydroxylation is 1. The second-order valence-corrected chi connectivity index (χ2v) is 4.98. The van der Waals surface area contributed by atoms with E-state index in [9.17, 15) is 0 Å². The molecule has 1 saturated heterocycles. The van der Waals surface area contributed by atoms with Crippen molar-refractivity contribution >= 4 is 0 Å². The molecule has 0 saturated carbocycles. The zero-order chi connectivity index (χ0) is 12.1. The Bertz CT molecular complexity index is 356. The van der Waals surface area contributed by atoms with E-state index in [2.05, 4.69) is 37.4 Å². The first-order valence-corrected chi connectivity index (χ1v) is 6.70. The van der Waals surface area contributed by atoms with E-state index in [1.54, 1.807) is 0 Å². The first-order valence-electron chi connectivity index (χ1n) is 6.70. The van der Waals surface area contributed by atoms with E-state index < -0.39 is 0 Å². The average Bonchev–Trinajstić information content (AvgIpc) is 2.36. The molecule has 0 aromatic heterocycles. The first-order chi connectivity index (χ1) is 8.27. The molecule has 1 aromatic carbocycles. The minimum atomic E-state index is 0.661. The van der Waals surface area contributed by atoms with Gasteiger partial charge in [0.2, 0.25) is 0 Å². The third-order valence-electron chi connectivity index (χ3n) is 3.69. The number of nitrogens with one attached hydrogen (secondary N) is 1. The van der Waals surface area contributed by atoms with Gasteiger partial charge in [0, 0.05) is 6.04 Å². The van der Waals surface area contributed by atoms with Gasteiger partial charge >= 0.3 is 0 Å². The van der Waals surface area contributed by atoms with Crippen molar-refractivity contribution in [3.8, 4) is 5.75 Å². The molecule has 1 fully saturated rings. The molecule has 1 aliphatic heterocycles. The third-order valence-corrected chi connectivity index (χ3v) is 3.69. The minimum Gasteiger partial charge on any atom is -0.493 e. The average molecular weight is 233 g/mol. The molecule has 94 valence electrons. The fourth-order valence-corrected chi connectivity index (χ4v) is 2.36. The zero-order valence-corrected chi connectivity index (χ0v) is 11.0. The largest absolute Gasteiger partial charge is 0.493 e. The maximum atomic E-state index is 5.88. The smallest absolute Gasteiger partial charge is 0.122 e. The Morgan fingerprint density at radius 1 is 1.29 bits per heavy atom. The van der Waals surface area contributed by atoms with E-state index in [4.69, 9.17) is 4.74 Å². The third kappa shape index (κ3) is 3.47. The maximum absolute atomic E-state index is 5.88. The Labute approximate surface area is 104 Å². The van der Waals surface area contributed by atoms with Crippen molar-refractivity contribution < 1.29 is 4.74 Å². The van der Waals surface area contributed by atoms with Crippen molar-refractivity contribution in [3.63, 3.8) is 0 Å². The molecule has 17 heavy (non-hydrogen) atoms. The number of hydrogen-bond acceptors (Lipinski definition) is 2. The molecule has 1 atom stereocenters. The molecule has 1 aliphatic rings. The lowest BCUT2D eigenvalue weighted by atomic mass is 10.0. The quantitative estimate of drug-likeness (QED) is 0.862. The number of benzene rings is 1. The summed E-state index contributed by atoms with van der Waals surface area (Å²) in [4.78, 5) is 0. The highest BCUT2D eigenvalue weighted by atomic mass is 16.5. The Morgan fingerprint density at radius 2 is 2.18 bits per heavy atom. The van der Waals surface area contributed by atoms with Crippen molar-refractivity contribution in [2.24, 2.45) is 0 Å². The standard InChI is InChI=1S/C15H23NO/c1-12-6-5-8-15(13(12)2)17-11-9-14-7-3-4-10-16-14/h5-6,8,14,16H,3-4,7,9-11H2,1-2H3. The van der Waals surface area contributed by atoms with Crippen LogP contribution in [0, 0.1) is 13.8 Å². The maximum Gasteiger partial charge on any atom is 0.122 e. The molecule has 2 heteroatoms. The van der Waals surface area contributed by atoms with E-state index in [1.165, 1.54) is 36.9 Å². The van der Waals surface area contributed by atoms with E-state index in [1.807, 2.05) is 0 Å². The molecule has 1 aromatic rings. The van der Waals surface area contributed by atoms with E-state index in [0.29, 0.717) is 6.04 Å². The van der Waals surface area contributed by atoms with Gasteiger partial charge in [-0.3, -0.25) is 0 Å². The van der Waals surface area contributed by atoms with Gasteiger partial charge in [0.1, 0.15) is 5.75 Å². The fraction of sp³-hybridized carbons (Fsp3) is 0.600. The van der Waals surface area contributed by atoms with Gasteiger partial charge in [0.25, 0.3) is 0 Å². The van der Waals surface area contributed by atoms with Gasteiger partial charge in [0.15, 0.2) is 0 Å². The van der Waals surface area contributed by atoms with Crippen LogP contribution in [-0.4, -0.2) is 19.2 Å². The SMILES string of the molecule is Cc1cccc(OCCC2CCCCN2)c1C. The van der Waals surface area contributed by atoms with Gasteiger partial charge in [-0.25, -0.2) is 0 Å². The molecule has 1 heterocycles.